The lowest BCUT2D eigenvalue weighted by atomic mass is 10.2. The van der Waals surface area contributed by atoms with Gasteiger partial charge in [0.1, 0.15) is 4.88 Å². The van der Waals surface area contributed by atoms with Crippen LogP contribution >= 0.6 is 22.9 Å². The summed E-state index contributed by atoms with van der Waals surface area (Å²) in [7, 11) is -4.03. The van der Waals surface area contributed by atoms with Gasteiger partial charge in [0.2, 0.25) is 5.78 Å². The molecule has 0 atom stereocenters. The zero-order valence-electron chi connectivity index (χ0n) is 15.4. The molecular weight excluding hydrogens is 428 g/mol. The minimum absolute atomic E-state index is 0.110. The molecule has 1 aromatic heterocycles. The number of thiophene rings is 1. The summed E-state index contributed by atoms with van der Waals surface area (Å²) < 4.78 is 27.9. The number of carbonyl (C=O) groups is 1. The van der Waals surface area contributed by atoms with Crippen molar-refractivity contribution in [1.29, 1.82) is 0 Å². The van der Waals surface area contributed by atoms with Crippen LogP contribution in [0.5, 0.6) is 0 Å². The highest BCUT2D eigenvalue weighted by atomic mass is 35.5. The Labute approximate surface area is 178 Å². The molecule has 0 radical (unpaired) electrons. The summed E-state index contributed by atoms with van der Waals surface area (Å²) in [5.74, 6) is -0.498. The van der Waals surface area contributed by atoms with E-state index in [0.29, 0.717) is 21.3 Å². The van der Waals surface area contributed by atoms with Gasteiger partial charge in [0, 0.05) is 16.9 Å². The van der Waals surface area contributed by atoms with Crippen LogP contribution in [-0.4, -0.2) is 14.2 Å². The van der Waals surface area contributed by atoms with E-state index in [1.54, 1.807) is 35.7 Å². The monoisotopic (exact) mass is 444 g/mol. The van der Waals surface area contributed by atoms with Crippen molar-refractivity contribution in [3.63, 3.8) is 0 Å². The molecule has 8 heteroatoms. The molecule has 3 aromatic rings. The molecule has 0 saturated carbocycles. The topological polar surface area (TPSA) is 66.5 Å². The van der Waals surface area contributed by atoms with Crippen molar-refractivity contribution < 1.29 is 13.2 Å². The molecule has 0 bridgehead atoms. The van der Waals surface area contributed by atoms with Crippen molar-refractivity contribution in [3.8, 4) is 0 Å². The first-order valence-electron chi connectivity index (χ1n) is 8.79. The number of Topliss-reactive ketones (excluding diaryl/α,β-unsaturated/α-hetero) is 1. The van der Waals surface area contributed by atoms with Crippen LogP contribution in [0.1, 0.15) is 20.8 Å². The zero-order valence-corrected chi connectivity index (χ0v) is 17.8. The largest absolute Gasteiger partial charge is 0.360 e. The highest BCUT2D eigenvalue weighted by Gasteiger charge is 2.41. The molecule has 0 unspecified atom stereocenters. The number of nitrogens with zero attached hydrogens (tertiary/aromatic N) is 1. The van der Waals surface area contributed by atoms with Crippen molar-refractivity contribution in [2.24, 2.45) is 0 Å². The van der Waals surface area contributed by atoms with Crippen LogP contribution in [-0.2, 0) is 16.6 Å². The fraction of sp³-hybridized carbons (Fsp3) is 0.0952. The van der Waals surface area contributed by atoms with Crippen molar-refractivity contribution in [2.75, 3.05) is 9.62 Å². The second-order valence-corrected chi connectivity index (χ2v) is 9.80. The molecule has 0 spiro atoms. The molecule has 5 nitrogen and oxygen atoms in total. The molecule has 1 aliphatic heterocycles. The Morgan fingerprint density at radius 3 is 2.45 bits per heavy atom. The lowest BCUT2D eigenvalue weighted by Crippen LogP contribution is -2.38. The standard InChI is InChI=1S/C21H17ClN2O3S2/c1-14-2-8-17(9-3-14)23-12-19-20(25)21-18(10-11-28-21)24(29(19,26)27)13-15-4-6-16(22)7-5-15/h2-12,23H,13H2,1H3/b19-12-. The first-order chi connectivity index (χ1) is 13.9. The van der Waals surface area contributed by atoms with Crippen LogP contribution < -0.4 is 9.62 Å². The van der Waals surface area contributed by atoms with E-state index in [1.165, 1.54) is 21.8 Å². The third kappa shape index (κ3) is 3.81. The Morgan fingerprint density at radius 1 is 1.07 bits per heavy atom. The first-order valence-corrected chi connectivity index (χ1v) is 11.5. The fourth-order valence-electron chi connectivity index (χ4n) is 3.01. The molecule has 29 heavy (non-hydrogen) atoms. The number of carbonyl (C=O) groups excluding carboxylic acids is 1. The number of ketones is 1. The number of hydrogen-bond acceptors (Lipinski definition) is 5. The van der Waals surface area contributed by atoms with E-state index in [1.807, 2.05) is 31.2 Å². The predicted molar refractivity (Wildman–Crippen MR) is 118 cm³/mol. The summed E-state index contributed by atoms with van der Waals surface area (Å²) in [6.45, 7) is 2.07. The number of sulfonamides is 1. The molecular formula is C21H17ClN2O3S2. The number of benzene rings is 2. The molecule has 2 aromatic carbocycles. The quantitative estimate of drug-likeness (QED) is 0.562. The minimum atomic E-state index is -4.03. The third-order valence-electron chi connectivity index (χ3n) is 4.57. The van der Waals surface area contributed by atoms with Gasteiger partial charge in [0.05, 0.1) is 12.2 Å². The van der Waals surface area contributed by atoms with E-state index in [4.69, 9.17) is 11.6 Å². The number of halogens is 1. The summed E-state index contributed by atoms with van der Waals surface area (Å²) in [6.07, 6.45) is 1.28. The summed E-state index contributed by atoms with van der Waals surface area (Å²) >= 11 is 7.17. The van der Waals surface area contributed by atoms with Crippen molar-refractivity contribution in [1.82, 2.24) is 0 Å². The molecule has 0 fully saturated rings. The Hall–Kier alpha value is -2.61. The number of nitrogens with one attached hydrogen (secondary N) is 1. The minimum Gasteiger partial charge on any atom is -0.360 e. The summed E-state index contributed by atoms with van der Waals surface area (Å²) in [6, 6.07) is 16.1. The molecule has 0 amide bonds. The van der Waals surface area contributed by atoms with E-state index >= 15 is 0 Å². The van der Waals surface area contributed by atoms with Gasteiger partial charge in [-0.2, -0.15) is 0 Å². The second-order valence-electron chi connectivity index (χ2n) is 6.62. The Morgan fingerprint density at radius 2 is 1.76 bits per heavy atom. The average Bonchev–Trinajstić information content (AvgIpc) is 3.17. The van der Waals surface area contributed by atoms with E-state index < -0.39 is 15.8 Å². The number of aryl methyl sites for hydroxylation is 1. The normalized spacial score (nSPS) is 16.7. The summed E-state index contributed by atoms with van der Waals surface area (Å²) in [4.78, 5) is 13.0. The highest BCUT2D eigenvalue weighted by molar-refractivity contribution is 7.97. The fourth-order valence-corrected chi connectivity index (χ4v) is 5.62. The SMILES string of the molecule is Cc1ccc(N/C=C2/C(=O)c3sccc3N(Cc3ccc(Cl)cc3)S2(=O)=O)cc1. The second kappa shape index (κ2) is 7.67. The van der Waals surface area contributed by atoms with Gasteiger partial charge in [-0.3, -0.25) is 9.10 Å². The molecule has 0 aliphatic carbocycles. The van der Waals surface area contributed by atoms with Gasteiger partial charge in [0.25, 0.3) is 10.0 Å². The molecule has 1 N–H and O–H groups in total. The third-order valence-corrected chi connectivity index (χ3v) is 7.49. The van der Waals surface area contributed by atoms with E-state index in [9.17, 15) is 13.2 Å². The van der Waals surface area contributed by atoms with E-state index in [-0.39, 0.29) is 11.4 Å². The zero-order chi connectivity index (χ0) is 20.6. The highest BCUT2D eigenvalue weighted by Crippen LogP contribution is 2.39. The van der Waals surface area contributed by atoms with Crippen LogP contribution in [0.4, 0.5) is 11.4 Å². The van der Waals surface area contributed by atoms with Gasteiger partial charge in [-0.05, 0) is 48.2 Å². The summed E-state index contributed by atoms with van der Waals surface area (Å²) in [5.41, 5.74) is 2.96. The van der Waals surface area contributed by atoms with Crippen molar-refractivity contribution in [2.45, 2.75) is 13.5 Å². The molecule has 4 rings (SSSR count). The Bertz CT molecular complexity index is 1200. The lowest BCUT2D eigenvalue weighted by Gasteiger charge is -2.29. The molecule has 2 heterocycles. The number of rotatable bonds is 4. The van der Waals surface area contributed by atoms with Crippen LogP contribution in [0.3, 0.4) is 0 Å². The van der Waals surface area contributed by atoms with Crippen molar-refractivity contribution in [3.05, 3.63) is 92.1 Å². The van der Waals surface area contributed by atoms with Crippen LogP contribution in [0.2, 0.25) is 5.02 Å². The maximum absolute atomic E-state index is 13.3. The number of hydrogen-bond donors (Lipinski definition) is 1. The van der Waals surface area contributed by atoms with E-state index in [0.717, 1.165) is 11.1 Å². The van der Waals surface area contributed by atoms with Crippen LogP contribution in [0, 0.1) is 6.92 Å². The Kier molecular flexibility index (Phi) is 5.21. The maximum atomic E-state index is 13.3. The van der Waals surface area contributed by atoms with Crippen LogP contribution in [0.25, 0.3) is 0 Å². The van der Waals surface area contributed by atoms with Crippen molar-refractivity contribution >= 4 is 50.1 Å². The average molecular weight is 445 g/mol. The molecule has 1 aliphatic rings. The number of anilines is 2. The lowest BCUT2D eigenvalue weighted by molar-refractivity contribution is 0.104. The van der Waals surface area contributed by atoms with Gasteiger partial charge in [-0.15, -0.1) is 11.3 Å². The smallest absolute Gasteiger partial charge is 0.270 e. The predicted octanol–water partition coefficient (Wildman–Crippen LogP) is 5.20. The van der Waals surface area contributed by atoms with Gasteiger partial charge in [-0.25, -0.2) is 8.42 Å². The van der Waals surface area contributed by atoms with Gasteiger partial charge < -0.3 is 5.32 Å². The van der Waals surface area contributed by atoms with E-state index in [2.05, 4.69) is 5.32 Å². The number of allylic oxidation sites excluding steroid dienone is 1. The van der Waals surface area contributed by atoms with Gasteiger partial charge >= 0.3 is 0 Å². The van der Waals surface area contributed by atoms with Gasteiger partial charge in [-0.1, -0.05) is 41.4 Å². The molecule has 148 valence electrons. The molecule has 0 saturated heterocycles. The maximum Gasteiger partial charge on any atom is 0.270 e. The number of fused-ring (bicyclic) bond motifs is 1. The van der Waals surface area contributed by atoms with Crippen LogP contribution in [0.15, 0.2) is 71.1 Å². The Balaban J connectivity index is 1.73. The summed E-state index contributed by atoms with van der Waals surface area (Å²) in [5, 5.41) is 5.24. The van der Waals surface area contributed by atoms with Gasteiger partial charge in [0.15, 0.2) is 4.91 Å². The first kappa shape index (κ1) is 19.7.